The van der Waals surface area contributed by atoms with Crippen molar-refractivity contribution in [2.24, 2.45) is 4.99 Å². The van der Waals surface area contributed by atoms with Crippen LogP contribution in [0.5, 0.6) is 0 Å². The quantitative estimate of drug-likeness (QED) is 0.592. The molecule has 1 heterocycles. The second kappa shape index (κ2) is 4.11. The van der Waals surface area contributed by atoms with E-state index in [0.717, 1.165) is 47.8 Å². The number of hydrogen-bond donors (Lipinski definition) is 0. The predicted octanol–water partition coefficient (Wildman–Crippen LogP) is 3.85. The summed E-state index contributed by atoms with van der Waals surface area (Å²) in [6.07, 6.45) is 7.60. The van der Waals surface area contributed by atoms with E-state index in [4.69, 9.17) is 4.42 Å². The maximum atomic E-state index is 10.8. The second-order valence-electron chi connectivity index (χ2n) is 5.04. The first kappa shape index (κ1) is 11.2. The van der Waals surface area contributed by atoms with Gasteiger partial charge in [-0.3, -0.25) is 0 Å². The van der Waals surface area contributed by atoms with Gasteiger partial charge in [-0.25, -0.2) is 4.79 Å². The number of hydrogen-bond acceptors (Lipinski definition) is 3. The summed E-state index contributed by atoms with van der Waals surface area (Å²) in [4.78, 5) is 14.9. The van der Waals surface area contributed by atoms with Crippen LogP contribution in [0.3, 0.4) is 0 Å². The van der Waals surface area contributed by atoms with E-state index in [1.54, 1.807) is 12.3 Å². The van der Waals surface area contributed by atoms with E-state index in [1.807, 2.05) is 19.1 Å². The monoisotopic (exact) mass is 241 g/mol. The van der Waals surface area contributed by atoms with Crippen molar-refractivity contribution in [3.63, 3.8) is 0 Å². The van der Waals surface area contributed by atoms with Gasteiger partial charge in [0.15, 0.2) is 0 Å². The van der Waals surface area contributed by atoms with E-state index >= 15 is 0 Å². The molecule has 0 unspecified atom stereocenters. The van der Waals surface area contributed by atoms with Crippen LogP contribution in [-0.2, 0) is 10.3 Å². The Balaban J connectivity index is 2.29. The van der Waals surface area contributed by atoms with Gasteiger partial charge in [-0.2, -0.15) is 4.99 Å². The zero-order valence-corrected chi connectivity index (χ0v) is 10.4. The van der Waals surface area contributed by atoms with Crippen molar-refractivity contribution in [1.29, 1.82) is 0 Å². The van der Waals surface area contributed by atoms with Gasteiger partial charge in [-0.1, -0.05) is 25.0 Å². The van der Waals surface area contributed by atoms with Crippen LogP contribution in [0.4, 0.5) is 0 Å². The highest BCUT2D eigenvalue weighted by Crippen LogP contribution is 2.45. The summed E-state index contributed by atoms with van der Waals surface area (Å²) >= 11 is 0. The second-order valence-corrected chi connectivity index (χ2v) is 5.04. The lowest BCUT2D eigenvalue weighted by Crippen LogP contribution is -2.19. The van der Waals surface area contributed by atoms with Gasteiger partial charge in [0.2, 0.25) is 6.08 Å². The number of rotatable bonds is 2. The minimum Gasteiger partial charge on any atom is -0.464 e. The summed E-state index contributed by atoms with van der Waals surface area (Å²) in [5.74, 6) is 0. The fourth-order valence-corrected chi connectivity index (χ4v) is 3.12. The van der Waals surface area contributed by atoms with Crippen molar-refractivity contribution in [3.05, 3.63) is 35.6 Å². The van der Waals surface area contributed by atoms with E-state index in [-0.39, 0.29) is 5.54 Å². The molecule has 0 radical (unpaired) electrons. The molecule has 1 aromatic carbocycles. The van der Waals surface area contributed by atoms with Gasteiger partial charge in [0, 0.05) is 5.39 Å². The Hall–Kier alpha value is -1.86. The Morgan fingerprint density at radius 3 is 2.83 bits per heavy atom. The Labute approximate surface area is 106 Å². The van der Waals surface area contributed by atoms with E-state index in [9.17, 15) is 4.79 Å². The molecule has 0 saturated heterocycles. The highest BCUT2D eigenvalue weighted by atomic mass is 16.3. The number of isocyanates is 1. The lowest BCUT2D eigenvalue weighted by molar-refractivity contribution is 0.459. The number of carbonyl (C=O) groups excluding carboxylic acids is 1. The van der Waals surface area contributed by atoms with Gasteiger partial charge >= 0.3 is 0 Å². The third-order valence-electron chi connectivity index (χ3n) is 3.97. The highest BCUT2D eigenvalue weighted by Gasteiger charge is 2.37. The molecule has 3 rings (SSSR count). The van der Waals surface area contributed by atoms with Gasteiger partial charge in [0.05, 0.1) is 11.8 Å². The minimum absolute atomic E-state index is 0.379. The van der Waals surface area contributed by atoms with Crippen LogP contribution in [0, 0.1) is 6.92 Å². The topological polar surface area (TPSA) is 42.6 Å². The standard InChI is InChI=1S/C15H15NO2/c1-11-9-18-13-6-4-5-12(14(11)13)15(16-10-17)7-2-3-8-15/h4-6,9H,2-3,7-8H2,1H3. The molecule has 0 N–H and O–H groups in total. The minimum atomic E-state index is -0.379. The molecule has 0 aliphatic heterocycles. The maximum Gasteiger partial charge on any atom is 0.235 e. The molecule has 1 aliphatic rings. The summed E-state index contributed by atoms with van der Waals surface area (Å²) in [6.45, 7) is 2.03. The average molecular weight is 241 g/mol. The molecule has 3 heteroatoms. The van der Waals surface area contributed by atoms with Gasteiger partial charge in [-0.15, -0.1) is 0 Å². The number of fused-ring (bicyclic) bond motifs is 1. The lowest BCUT2D eigenvalue weighted by atomic mass is 9.86. The molecular formula is C15H15NO2. The van der Waals surface area contributed by atoms with Crippen molar-refractivity contribution in [3.8, 4) is 0 Å². The molecule has 1 aromatic heterocycles. The van der Waals surface area contributed by atoms with Crippen LogP contribution >= 0.6 is 0 Å². The maximum absolute atomic E-state index is 10.8. The first-order chi connectivity index (χ1) is 8.77. The van der Waals surface area contributed by atoms with Crippen LogP contribution in [0.25, 0.3) is 11.0 Å². The normalized spacial score (nSPS) is 17.8. The van der Waals surface area contributed by atoms with Crippen LogP contribution in [0.2, 0.25) is 0 Å². The van der Waals surface area contributed by atoms with Crippen molar-refractivity contribution in [2.75, 3.05) is 0 Å². The Bertz CT molecular complexity index is 629. The van der Waals surface area contributed by atoms with E-state index in [2.05, 4.69) is 11.1 Å². The molecule has 1 fully saturated rings. The summed E-state index contributed by atoms with van der Waals surface area (Å²) in [5, 5.41) is 1.11. The molecule has 2 aromatic rings. The van der Waals surface area contributed by atoms with E-state index < -0.39 is 0 Å². The predicted molar refractivity (Wildman–Crippen MR) is 69.2 cm³/mol. The summed E-state index contributed by atoms with van der Waals surface area (Å²) in [7, 11) is 0. The Kier molecular flexibility index (Phi) is 2.57. The largest absolute Gasteiger partial charge is 0.464 e. The zero-order valence-electron chi connectivity index (χ0n) is 10.4. The molecule has 0 amide bonds. The molecule has 0 atom stereocenters. The molecule has 18 heavy (non-hydrogen) atoms. The van der Waals surface area contributed by atoms with Gasteiger partial charge < -0.3 is 4.42 Å². The summed E-state index contributed by atoms with van der Waals surface area (Å²) in [5.41, 5.74) is 2.72. The summed E-state index contributed by atoms with van der Waals surface area (Å²) in [6, 6.07) is 6.00. The van der Waals surface area contributed by atoms with Gasteiger partial charge in [-0.05, 0) is 37.0 Å². The smallest absolute Gasteiger partial charge is 0.235 e. The Morgan fingerprint density at radius 2 is 2.11 bits per heavy atom. The molecule has 1 saturated carbocycles. The molecule has 3 nitrogen and oxygen atoms in total. The van der Waals surface area contributed by atoms with Crippen molar-refractivity contribution >= 4 is 17.0 Å². The van der Waals surface area contributed by atoms with Crippen molar-refractivity contribution < 1.29 is 9.21 Å². The number of aryl methyl sites for hydroxylation is 1. The van der Waals surface area contributed by atoms with Crippen LogP contribution in [0.1, 0.15) is 36.8 Å². The van der Waals surface area contributed by atoms with Crippen LogP contribution in [-0.4, -0.2) is 6.08 Å². The van der Waals surface area contributed by atoms with Gasteiger partial charge in [0.1, 0.15) is 5.58 Å². The zero-order chi connectivity index (χ0) is 12.6. The van der Waals surface area contributed by atoms with Gasteiger partial charge in [0.25, 0.3) is 0 Å². The van der Waals surface area contributed by atoms with Crippen LogP contribution in [0.15, 0.2) is 33.9 Å². The fourth-order valence-electron chi connectivity index (χ4n) is 3.12. The first-order valence-corrected chi connectivity index (χ1v) is 6.33. The molecule has 92 valence electrons. The summed E-state index contributed by atoms with van der Waals surface area (Å²) < 4.78 is 5.53. The fraction of sp³-hybridized carbons (Fsp3) is 0.400. The van der Waals surface area contributed by atoms with E-state index in [1.165, 1.54) is 0 Å². The third kappa shape index (κ3) is 1.52. The van der Waals surface area contributed by atoms with Crippen molar-refractivity contribution in [1.82, 2.24) is 0 Å². The first-order valence-electron chi connectivity index (χ1n) is 6.33. The number of benzene rings is 1. The third-order valence-corrected chi connectivity index (χ3v) is 3.97. The lowest BCUT2D eigenvalue weighted by Gasteiger charge is -2.23. The highest BCUT2D eigenvalue weighted by molar-refractivity contribution is 5.85. The molecule has 1 aliphatic carbocycles. The molecular weight excluding hydrogens is 226 g/mol. The average Bonchev–Trinajstić information content (AvgIpc) is 2.98. The Morgan fingerprint density at radius 1 is 1.33 bits per heavy atom. The molecule has 0 bridgehead atoms. The number of aliphatic imine (C=N–C) groups is 1. The number of furan rings is 1. The molecule has 0 spiro atoms. The van der Waals surface area contributed by atoms with Crippen LogP contribution < -0.4 is 0 Å². The van der Waals surface area contributed by atoms with Crippen molar-refractivity contribution in [2.45, 2.75) is 38.1 Å². The SMILES string of the molecule is Cc1coc2cccc(C3(N=C=O)CCCC3)c12. The van der Waals surface area contributed by atoms with E-state index in [0.29, 0.717) is 0 Å². The number of nitrogens with zero attached hydrogens (tertiary/aromatic N) is 1.